The lowest BCUT2D eigenvalue weighted by Gasteiger charge is -2.04. The first-order valence-electron chi connectivity index (χ1n) is 4.20. The van der Waals surface area contributed by atoms with Crippen molar-refractivity contribution < 1.29 is 9.84 Å². The van der Waals surface area contributed by atoms with Crippen LogP contribution in [-0.2, 0) is 11.3 Å². The summed E-state index contributed by atoms with van der Waals surface area (Å²) >= 11 is 0. The summed E-state index contributed by atoms with van der Waals surface area (Å²) < 4.78 is 4.85. The highest BCUT2D eigenvalue weighted by Gasteiger charge is 1.99. The van der Waals surface area contributed by atoms with Gasteiger partial charge in [-0.2, -0.15) is 0 Å². The molecule has 0 aliphatic carbocycles. The molecule has 1 aromatic heterocycles. The van der Waals surface area contributed by atoms with Gasteiger partial charge in [0.1, 0.15) is 0 Å². The van der Waals surface area contributed by atoms with Gasteiger partial charge in [0, 0.05) is 19.7 Å². The van der Waals surface area contributed by atoms with E-state index in [0.29, 0.717) is 18.2 Å². The number of ether oxygens (including phenoxy) is 1. The standard InChI is InChI=1S/C8H13N3O3/c1-14-5-6-4-7(13)11-8(10-6)9-2-3-12/h4,12H,2-3,5H2,1H3,(H2,9,10,11,13). The Balaban J connectivity index is 2.78. The lowest BCUT2D eigenvalue weighted by atomic mass is 10.4. The molecule has 0 aromatic carbocycles. The summed E-state index contributed by atoms with van der Waals surface area (Å²) in [5.41, 5.74) is 0.309. The van der Waals surface area contributed by atoms with E-state index in [1.165, 1.54) is 13.2 Å². The van der Waals surface area contributed by atoms with Crippen LogP contribution in [0.25, 0.3) is 0 Å². The first-order chi connectivity index (χ1) is 6.76. The number of aromatic amines is 1. The number of nitrogens with zero attached hydrogens (tertiary/aromatic N) is 1. The molecule has 0 amide bonds. The van der Waals surface area contributed by atoms with Crippen molar-refractivity contribution in [3.05, 3.63) is 22.1 Å². The van der Waals surface area contributed by atoms with Gasteiger partial charge in [-0.25, -0.2) is 4.98 Å². The zero-order valence-electron chi connectivity index (χ0n) is 7.91. The van der Waals surface area contributed by atoms with Crippen LogP contribution in [0.2, 0.25) is 0 Å². The molecule has 78 valence electrons. The number of aromatic nitrogens is 2. The number of nitrogens with one attached hydrogen (secondary N) is 2. The van der Waals surface area contributed by atoms with E-state index in [-0.39, 0.29) is 18.8 Å². The molecule has 0 fully saturated rings. The molecule has 6 heteroatoms. The maximum Gasteiger partial charge on any atom is 0.252 e. The van der Waals surface area contributed by atoms with Crippen LogP contribution >= 0.6 is 0 Å². The number of hydrogen-bond donors (Lipinski definition) is 3. The highest BCUT2D eigenvalue weighted by atomic mass is 16.5. The fourth-order valence-corrected chi connectivity index (χ4v) is 0.988. The Bertz CT molecular complexity index is 337. The van der Waals surface area contributed by atoms with Crippen molar-refractivity contribution >= 4 is 5.95 Å². The maximum atomic E-state index is 11.1. The van der Waals surface area contributed by atoms with E-state index in [9.17, 15) is 4.79 Å². The summed E-state index contributed by atoms with van der Waals surface area (Å²) in [6.07, 6.45) is 0. The lowest BCUT2D eigenvalue weighted by Crippen LogP contribution is -2.16. The molecule has 0 atom stereocenters. The number of H-pyrrole nitrogens is 1. The van der Waals surface area contributed by atoms with Crippen molar-refractivity contribution in [3.63, 3.8) is 0 Å². The number of aliphatic hydroxyl groups is 1. The predicted octanol–water partition coefficient (Wildman–Crippen LogP) is -0.680. The number of hydrogen-bond acceptors (Lipinski definition) is 5. The van der Waals surface area contributed by atoms with Gasteiger partial charge in [-0.3, -0.25) is 9.78 Å². The van der Waals surface area contributed by atoms with Gasteiger partial charge in [-0.1, -0.05) is 0 Å². The van der Waals surface area contributed by atoms with Gasteiger partial charge in [0.2, 0.25) is 5.95 Å². The second-order valence-corrected chi connectivity index (χ2v) is 2.67. The van der Waals surface area contributed by atoms with Crippen molar-refractivity contribution in [1.29, 1.82) is 0 Å². The Morgan fingerprint density at radius 2 is 2.50 bits per heavy atom. The summed E-state index contributed by atoms with van der Waals surface area (Å²) in [6.45, 7) is 0.620. The topological polar surface area (TPSA) is 87.2 Å². The molecule has 0 bridgehead atoms. The van der Waals surface area contributed by atoms with Gasteiger partial charge in [-0.05, 0) is 0 Å². The average molecular weight is 199 g/mol. The minimum absolute atomic E-state index is 0.0157. The minimum atomic E-state index is -0.243. The number of methoxy groups -OCH3 is 1. The summed E-state index contributed by atoms with van der Waals surface area (Å²) in [5.74, 6) is 0.346. The summed E-state index contributed by atoms with van der Waals surface area (Å²) in [5, 5.41) is 11.3. The normalized spacial score (nSPS) is 10.1. The number of anilines is 1. The van der Waals surface area contributed by atoms with E-state index in [2.05, 4.69) is 15.3 Å². The highest BCUT2D eigenvalue weighted by Crippen LogP contribution is 1.97. The molecule has 3 N–H and O–H groups in total. The van der Waals surface area contributed by atoms with E-state index >= 15 is 0 Å². The van der Waals surface area contributed by atoms with Crippen LogP contribution in [0.5, 0.6) is 0 Å². The molecule has 6 nitrogen and oxygen atoms in total. The second kappa shape index (κ2) is 5.36. The maximum absolute atomic E-state index is 11.1. The third-order valence-electron chi connectivity index (χ3n) is 1.49. The van der Waals surface area contributed by atoms with E-state index in [4.69, 9.17) is 9.84 Å². The van der Waals surface area contributed by atoms with Gasteiger partial charge in [-0.15, -0.1) is 0 Å². The number of aliphatic hydroxyl groups excluding tert-OH is 1. The highest BCUT2D eigenvalue weighted by molar-refractivity contribution is 5.24. The quantitative estimate of drug-likeness (QED) is 0.585. The first kappa shape index (κ1) is 10.7. The van der Waals surface area contributed by atoms with Gasteiger partial charge >= 0.3 is 0 Å². The molecule has 0 aliphatic rings. The molecule has 0 saturated carbocycles. The monoisotopic (exact) mass is 199 g/mol. The van der Waals surface area contributed by atoms with Crippen LogP contribution in [0.4, 0.5) is 5.95 Å². The molecule has 0 spiro atoms. The minimum Gasteiger partial charge on any atom is -0.395 e. The average Bonchev–Trinajstić information content (AvgIpc) is 2.14. The molecule has 0 unspecified atom stereocenters. The van der Waals surface area contributed by atoms with Crippen LogP contribution in [0.1, 0.15) is 5.69 Å². The van der Waals surface area contributed by atoms with Gasteiger partial charge in [0.15, 0.2) is 0 Å². The molecule has 1 rings (SSSR count). The number of rotatable bonds is 5. The fourth-order valence-electron chi connectivity index (χ4n) is 0.988. The van der Waals surface area contributed by atoms with Gasteiger partial charge in [0.25, 0.3) is 5.56 Å². The fraction of sp³-hybridized carbons (Fsp3) is 0.500. The smallest absolute Gasteiger partial charge is 0.252 e. The van der Waals surface area contributed by atoms with Crippen LogP contribution < -0.4 is 10.9 Å². The summed E-state index contributed by atoms with van der Waals surface area (Å²) in [4.78, 5) is 17.6. The van der Waals surface area contributed by atoms with Crippen molar-refractivity contribution in [3.8, 4) is 0 Å². The molecule has 0 saturated heterocycles. The molecular formula is C8H13N3O3. The predicted molar refractivity (Wildman–Crippen MR) is 51.1 cm³/mol. The second-order valence-electron chi connectivity index (χ2n) is 2.67. The van der Waals surface area contributed by atoms with Crippen molar-refractivity contribution in [2.75, 3.05) is 25.6 Å². The van der Waals surface area contributed by atoms with Crippen LogP contribution in [-0.4, -0.2) is 35.3 Å². The van der Waals surface area contributed by atoms with E-state index < -0.39 is 0 Å². The van der Waals surface area contributed by atoms with E-state index in [1.54, 1.807) is 0 Å². The molecule has 14 heavy (non-hydrogen) atoms. The van der Waals surface area contributed by atoms with Crippen LogP contribution in [0, 0.1) is 0 Å². The van der Waals surface area contributed by atoms with Crippen molar-refractivity contribution in [1.82, 2.24) is 9.97 Å². The Morgan fingerprint density at radius 1 is 1.71 bits per heavy atom. The van der Waals surface area contributed by atoms with Gasteiger partial charge in [0.05, 0.1) is 18.9 Å². The summed E-state index contributed by atoms with van der Waals surface area (Å²) in [7, 11) is 1.53. The largest absolute Gasteiger partial charge is 0.395 e. The zero-order valence-corrected chi connectivity index (χ0v) is 7.91. The first-order valence-corrected chi connectivity index (χ1v) is 4.20. The Labute approximate surface area is 80.9 Å². The molecule has 0 aliphatic heterocycles. The Hall–Kier alpha value is -1.40. The lowest BCUT2D eigenvalue weighted by molar-refractivity contribution is 0.181. The molecule has 1 aromatic rings. The SMILES string of the molecule is COCc1cc(=O)[nH]c(NCCO)n1. The third kappa shape index (κ3) is 3.15. The van der Waals surface area contributed by atoms with Crippen molar-refractivity contribution in [2.24, 2.45) is 0 Å². The van der Waals surface area contributed by atoms with E-state index in [0.717, 1.165) is 0 Å². The zero-order chi connectivity index (χ0) is 10.4. The van der Waals surface area contributed by atoms with Crippen LogP contribution in [0.3, 0.4) is 0 Å². The van der Waals surface area contributed by atoms with E-state index in [1.807, 2.05) is 0 Å². The summed E-state index contributed by atoms with van der Waals surface area (Å²) in [6, 6.07) is 1.37. The van der Waals surface area contributed by atoms with Crippen LogP contribution in [0.15, 0.2) is 10.9 Å². The molecule has 1 heterocycles. The van der Waals surface area contributed by atoms with Crippen molar-refractivity contribution in [2.45, 2.75) is 6.61 Å². The third-order valence-corrected chi connectivity index (χ3v) is 1.49. The van der Waals surface area contributed by atoms with Gasteiger partial charge < -0.3 is 15.2 Å². The Kier molecular flexibility index (Phi) is 4.09. The molecular weight excluding hydrogens is 186 g/mol. The molecule has 0 radical (unpaired) electrons. The Morgan fingerprint density at radius 3 is 3.14 bits per heavy atom.